The second kappa shape index (κ2) is 6.28. The summed E-state index contributed by atoms with van der Waals surface area (Å²) in [7, 11) is 0. The molecular weight excluding hydrogens is 296 g/mol. The highest BCUT2D eigenvalue weighted by Gasteiger charge is 2.16. The van der Waals surface area contributed by atoms with Gasteiger partial charge in [-0.1, -0.05) is 23.7 Å². The zero-order valence-electron chi connectivity index (χ0n) is 10.7. The number of carbonyl (C=O) groups is 2. The summed E-state index contributed by atoms with van der Waals surface area (Å²) in [5.74, 6) is -2.33. The van der Waals surface area contributed by atoms with Crippen molar-refractivity contribution in [1.29, 1.82) is 0 Å². The van der Waals surface area contributed by atoms with E-state index in [0.29, 0.717) is 5.02 Å². The van der Waals surface area contributed by atoms with E-state index in [1.165, 1.54) is 18.2 Å². The van der Waals surface area contributed by atoms with Gasteiger partial charge in [-0.3, -0.25) is 0 Å². The Balaban J connectivity index is 2.17. The van der Waals surface area contributed by atoms with Crippen molar-refractivity contribution in [3.63, 3.8) is 0 Å². The van der Waals surface area contributed by atoms with Crippen LogP contribution >= 0.6 is 11.6 Å². The highest BCUT2D eigenvalue weighted by molar-refractivity contribution is 6.30. The van der Waals surface area contributed by atoms with Crippen LogP contribution in [0.3, 0.4) is 0 Å². The molecule has 0 bridgehead atoms. The first-order valence-corrected chi connectivity index (χ1v) is 6.33. The number of aromatic carboxylic acids is 2. The van der Waals surface area contributed by atoms with Crippen molar-refractivity contribution in [2.75, 3.05) is 0 Å². The lowest BCUT2D eigenvalue weighted by molar-refractivity contribution is 0.0651. The number of carboxylic acids is 2. The van der Waals surface area contributed by atoms with Crippen molar-refractivity contribution in [3.8, 4) is 5.75 Å². The molecule has 0 radical (unpaired) electrons. The minimum absolute atomic E-state index is 0.225. The molecule has 2 aromatic rings. The average Bonchev–Trinajstić information content (AvgIpc) is 2.46. The quantitative estimate of drug-likeness (QED) is 0.885. The number of rotatable bonds is 5. The van der Waals surface area contributed by atoms with Crippen molar-refractivity contribution in [2.24, 2.45) is 0 Å². The molecule has 0 amide bonds. The Morgan fingerprint density at radius 2 is 1.57 bits per heavy atom. The van der Waals surface area contributed by atoms with E-state index in [1.807, 2.05) is 0 Å². The average molecular weight is 307 g/mol. The van der Waals surface area contributed by atoms with Gasteiger partial charge in [-0.25, -0.2) is 9.59 Å². The standard InChI is InChI=1S/C15H11ClO5/c16-10-3-1-9(2-4-10)8-21-11-5-6-12(14(17)18)13(7-11)15(19)20/h1-7H,8H2,(H,17,18)(H,19,20). The molecule has 21 heavy (non-hydrogen) atoms. The van der Waals surface area contributed by atoms with Crippen LogP contribution in [0, 0.1) is 0 Å². The second-order valence-corrected chi connectivity index (χ2v) is 4.67. The fourth-order valence-corrected chi connectivity index (χ4v) is 1.85. The molecule has 2 rings (SSSR count). The topological polar surface area (TPSA) is 83.8 Å². The van der Waals surface area contributed by atoms with Gasteiger partial charge in [0, 0.05) is 5.02 Å². The molecule has 2 N–H and O–H groups in total. The number of hydrogen-bond acceptors (Lipinski definition) is 3. The molecule has 0 aliphatic carbocycles. The Bertz CT molecular complexity index is 679. The number of ether oxygens (including phenoxy) is 1. The molecule has 6 heteroatoms. The molecule has 0 aromatic heterocycles. The molecular formula is C15H11ClO5. The van der Waals surface area contributed by atoms with E-state index < -0.39 is 11.9 Å². The molecule has 0 aliphatic rings. The van der Waals surface area contributed by atoms with E-state index in [-0.39, 0.29) is 23.5 Å². The fraction of sp³-hybridized carbons (Fsp3) is 0.0667. The van der Waals surface area contributed by atoms with Crippen molar-refractivity contribution >= 4 is 23.5 Å². The fourth-order valence-electron chi connectivity index (χ4n) is 1.72. The highest BCUT2D eigenvalue weighted by Crippen LogP contribution is 2.20. The predicted molar refractivity (Wildman–Crippen MR) is 76.1 cm³/mol. The van der Waals surface area contributed by atoms with Crippen molar-refractivity contribution in [2.45, 2.75) is 6.61 Å². The monoisotopic (exact) mass is 306 g/mol. The summed E-state index contributed by atoms with van der Waals surface area (Å²) in [6.45, 7) is 0.225. The van der Waals surface area contributed by atoms with Gasteiger partial charge in [0.15, 0.2) is 0 Å². The maximum absolute atomic E-state index is 11.1. The van der Waals surface area contributed by atoms with Crippen LogP contribution in [0.2, 0.25) is 5.02 Å². The first kappa shape index (κ1) is 14.9. The highest BCUT2D eigenvalue weighted by atomic mass is 35.5. The smallest absolute Gasteiger partial charge is 0.336 e. The number of halogens is 1. The molecule has 0 atom stereocenters. The molecule has 5 nitrogen and oxygen atoms in total. The Hall–Kier alpha value is -2.53. The minimum atomic E-state index is -1.32. The van der Waals surface area contributed by atoms with Crippen LogP contribution in [-0.2, 0) is 6.61 Å². The lowest BCUT2D eigenvalue weighted by atomic mass is 10.1. The molecule has 0 aliphatic heterocycles. The number of benzene rings is 2. The van der Waals surface area contributed by atoms with Crippen LogP contribution in [0.5, 0.6) is 5.75 Å². The lowest BCUT2D eigenvalue weighted by Gasteiger charge is -2.08. The van der Waals surface area contributed by atoms with Crippen LogP contribution in [0.15, 0.2) is 42.5 Å². The van der Waals surface area contributed by atoms with E-state index in [2.05, 4.69) is 0 Å². The van der Waals surface area contributed by atoms with Gasteiger partial charge in [-0.2, -0.15) is 0 Å². The SMILES string of the molecule is O=C(O)c1ccc(OCc2ccc(Cl)cc2)cc1C(=O)O. The minimum Gasteiger partial charge on any atom is -0.489 e. The Morgan fingerprint density at radius 1 is 0.952 bits per heavy atom. The third-order valence-corrected chi connectivity index (χ3v) is 3.02. The summed E-state index contributed by atoms with van der Waals surface area (Å²) >= 11 is 5.77. The molecule has 0 fully saturated rings. The summed E-state index contributed by atoms with van der Waals surface area (Å²) in [5, 5.41) is 18.6. The Morgan fingerprint density at radius 3 is 2.14 bits per heavy atom. The van der Waals surface area contributed by atoms with Gasteiger partial charge >= 0.3 is 11.9 Å². The lowest BCUT2D eigenvalue weighted by Crippen LogP contribution is -2.08. The van der Waals surface area contributed by atoms with Crippen LogP contribution in [0.4, 0.5) is 0 Å². The maximum atomic E-state index is 11.1. The van der Waals surface area contributed by atoms with Crippen LogP contribution in [-0.4, -0.2) is 22.2 Å². The van der Waals surface area contributed by atoms with Gasteiger partial charge < -0.3 is 14.9 Å². The largest absolute Gasteiger partial charge is 0.489 e. The molecule has 0 unspecified atom stereocenters. The van der Waals surface area contributed by atoms with Gasteiger partial charge in [-0.15, -0.1) is 0 Å². The van der Waals surface area contributed by atoms with E-state index in [4.69, 9.17) is 26.6 Å². The normalized spacial score (nSPS) is 10.1. The van der Waals surface area contributed by atoms with E-state index >= 15 is 0 Å². The van der Waals surface area contributed by atoms with Gasteiger partial charge in [0.05, 0.1) is 11.1 Å². The summed E-state index contributed by atoms with van der Waals surface area (Å²) in [4.78, 5) is 22.0. The summed E-state index contributed by atoms with van der Waals surface area (Å²) < 4.78 is 5.46. The maximum Gasteiger partial charge on any atom is 0.336 e. The molecule has 108 valence electrons. The Kier molecular flexibility index (Phi) is 4.45. The van der Waals surface area contributed by atoms with Gasteiger partial charge in [0.1, 0.15) is 12.4 Å². The molecule has 0 heterocycles. The third-order valence-electron chi connectivity index (χ3n) is 2.77. The first-order chi connectivity index (χ1) is 9.97. The van der Waals surface area contributed by atoms with Crippen LogP contribution in [0.1, 0.15) is 26.3 Å². The predicted octanol–water partition coefficient (Wildman–Crippen LogP) is 3.32. The zero-order valence-corrected chi connectivity index (χ0v) is 11.5. The number of hydrogen-bond donors (Lipinski definition) is 2. The molecule has 2 aromatic carbocycles. The van der Waals surface area contributed by atoms with Crippen molar-refractivity contribution in [1.82, 2.24) is 0 Å². The van der Waals surface area contributed by atoms with Gasteiger partial charge in [0.25, 0.3) is 0 Å². The van der Waals surface area contributed by atoms with Crippen molar-refractivity contribution in [3.05, 3.63) is 64.2 Å². The zero-order chi connectivity index (χ0) is 15.4. The molecule has 0 spiro atoms. The van der Waals surface area contributed by atoms with Gasteiger partial charge in [0.2, 0.25) is 0 Å². The van der Waals surface area contributed by atoms with Gasteiger partial charge in [-0.05, 0) is 35.9 Å². The van der Waals surface area contributed by atoms with E-state index in [1.54, 1.807) is 24.3 Å². The summed E-state index contributed by atoms with van der Waals surface area (Å²) in [5.41, 5.74) is 0.274. The molecule has 0 saturated heterocycles. The Labute approximate surface area is 125 Å². The van der Waals surface area contributed by atoms with E-state index in [9.17, 15) is 9.59 Å². The van der Waals surface area contributed by atoms with Crippen LogP contribution < -0.4 is 4.74 Å². The van der Waals surface area contributed by atoms with E-state index in [0.717, 1.165) is 5.56 Å². The number of carboxylic acid groups (broad SMARTS) is 2. The summed E-state index contributed by atoms with van der Waals surface area (Å²) in [6, 6.07) is 10.8. The van der Waals surface area contributed by atoms with Crippen molar-refractivity contribution < 1.29 is 24.5 Å². The second-order valence-electron chi connectivity index (χ2n) is 4.23. The summed E-state index contributed by atoms with van der Waals surface area (Å²) in [6.07, 6.45) is 0. The van der Waals surface area contributed by atoms with Crippen LogP contribution in [0.25, 0.3) is 0 Å². The molecule has 0 saturated carbocycles. The first-order valence-electron chi connectivity index (χ1n) is 5.95. The third kappa shape index (κ3) is 3.73.